The van der Waals surface area contributed by atoms with Crippen LogP contribution in [-0.2, 0) is 4.79 Å². The van der Waals surface area contributed by atoms with Crippen molar-refractivity contribution in [2.24, 2.45) is 11.3 Å². The van der Waals surface area contributed by atoms with E-state index in [1.54, 1.807) is 0 Å². The molecule has 122 valence electrons. The van der Waals surface area contributed by atoms with Crippen LogP contribution in [0.5, 0.6) is 0 Å². The van der Waals surface area contributed by atoms with Crippen molar-refractivity contribution in [3.05, 3.63) is 11.8 Å². The van der Waals surface area contributed by atoms with Crippen LogP contribution in [0.1, 0.15) is 19.8 Å². The van der Waals surface area contributed by atoms with Crippen molar-refractivity contribution in [1.29, 1.82) is 0 Å². The Morgan fingerprint density at radius 2 is 1.71 bits per heavy atom. The first-order valence-corrected chi connectivity index (χ1v) is 5.64. The molecule has 0 aliphatic heterocycles. The molecule has 0 aromatic heterocycles. The first-order valence-electron chi connectivity index (χ1n) is 5.64. The zero-order valence-corrected chi connectivity index (χ0v) is 10.5. The van der Waals surface area contributed by atoms with Crippen molar-refractivity contribution in [1.82, 2.24) is 0 Å². The number of aliphatic carboxylic acids is 1. The van der Waals surface area contributed by atoms with Crippen LogP contribution in [0, 0.1) is 11.3 Å². The van der Waals surface area contributed by atoms with Gasteiger partial charge in [0, 0.05) is 0 Å². The second-order valence-corrected chi connectivity index (χ2v) is 5.01. The van der Waals surface area contributed by atoms with E-state index >= 15 is 0 Å². The van der Waals surface area contributed by atoms with E-state index < -0.39 is 53.7 Å². The summed E-state index contributed by atoms with van der Waals surface area (Å²) in [4.78, 5) is 11.0. The third-order valence-corrected chi connectivity index (χ3v) is 3.77. The maximum absolute atomic E-state index is 13.6. The van der Waals surface area contributed by atoms with E-state index in [-0.39, 0.29) is 6.26 Å². The lowest BCUT2D eigenvalue weighted by molar-refractivity contribution is -0.363. The summed E-state index contributed by atoms with van der Waals surface area (Å²) < 4.78 is 89.7. The average Bonchev–Trinajstić information content (AvgIpc) is 2.66. The fraction of sp³-hybridized carbons (Fsp3) is 0.727. The third kappa shape index (κ3) is 2.34. The largest absolute Gasteiger partial charge is 0.516 e. The highest BCUT2D eigenvalue weighted by molar-refractivity contribution is 5.79. The Balaban J connectivity index is 3.32. The number of aliphatic hydroxyl groups excluding tert-OH is 1. The van der Waals surface area contributed by atoms with Gasteiger partial charge >= 0.3 is 24.0 Å². The molecular weight excluding hydrogens is 313 g/mol. The van der Waals surface area contributed by atoms with E-state index in [1.165, 1.54) is 0 Å². The molecule has 1 rings (SSSR count). The van der Waals surface area contributed by atoms with E-state index in [4.69, 9.17) is 10.2 Å². The summed E-state index contributed by atoms with van der Waals surface area (Å²) in [5, 5.41) is 17.8. The molecule has 1 saturated carbocycles. The normalized spacial score (nSPS) is 29.9. The fourth-order valence-electron chi connectivity index (χ4n) is 2.36. The van der Waals surface area contributed by atoms with Crippen molar-refractivity contribution in [3.63, 3.8) is 0 Å². The molecule has 0 aromatic rings. The summed E-state index contributed by atoms with van der Waals surface area (Å²) in [6.45, 7) is 0.874. The minimum atomic E-state index is -6.50. The molecule has 0 heterocycles. The van der Waals surface area contributed by atoms with Gasteiger partial charge in [-0.25, -0.2) is 0 Å². The van der Waals surface area contributed by atoms with Gasteiger partial charge in [0.05, 0.1) is 17.6 Å². The Hall–Kier alpha value is -1.48. The Bertz CT molecular complexity index is 469. The number of halogens is 7. The number of hydrogen-bond donors (Lipinski definition) is 2. The van der Waals surface area contributed by atoms with Crippen LogP contribution in [0.2, 0.25) is 0 Å². The first-order chi connectivity index (χ1) is 9.23. The number of hydrogen-bond acceptors (Lipinski definition) is 2. The number of carbonyl (C=O) groups is 1. The zero-order chi connectivity index (χ0) is 16.9. The smallest absolute Gasteiger partial charge is 0.459 e. The van der Waals surface area contributed by atoms with Crippen LogP contribution < -0.4 is 0 Å². The van der Waals surface area contributed by atoms with Gasteiger partial charge in [-0.2, -0.15) is 30.7 Å². The predicted octanol–water partition coefficient (Wildman–Crippen LogP) is 3.76. The molecule has 2 N–H and O–H groups in total. The molecule has 0 spiro atoms. The summed E-state index contributed by atoms with van der Waals surface area (Å²) in [5.74, 6) is -16.3. The van der Waals surface area contributed by atoms with Gasteiger partial charge in [0.25, 0.3) is 0 Å². The highest BCUT2D eigenvalue weighted by Gasteiger charge is 2.76. The maximum atomic E-state index is 13.6. The molecule has 10 heteroatoms. The van der Waals surface area contributed by atoms with E-state index in [9.17, 15) is 35.5 Å². The standard InChI is InChI=1S/C11H11F7O3/c1-8(7(20)21)3-2-5(6(8)4-19)9(12,13)10(14,15)11(16,17)18/h4-5,19H,2-3H2,1H3,(H,20,21)/b6-4+. The van der Waals surface area contributed by atoms with Gasteiger partial charge in [-0.05, 0) is 25.3 Å². The fourth-order valence-corrected chi connectivity index (χ4v) is 2.36. The Morgan fingerprint density at radius 1 is 1.24 bits per heavy atom. The lowest BCUT2D eigenvalue weighted by Crippen LogP contribution is -2.55. The number of rotatable bonds is 3. The maximum Gasteiger partial charge on any atom is 0.459 e. The summed E-state index contributed by atoms with van der Waals surface area (Å²) in [5.41, 5.74) is -3.17. The molecule has 1 aliphatic carbocycles. The van der Waals surface area contributed by atoms with E-state index in [0.29, 0.717) is 0 Å². The Morgan fingerprint density at radius 3 is 2.05 bits per heavy atom. The van der Waals surface area contributed by atoms with Crippen molar-refractivity contribution in [2.45, 2.75) is 37.8 Å². The molecule has 0 aromatic carbocycles. The van der Waals surface area contributed by atoms with Crippen molar-refractivity contribution in [2.75, 3.05) is 0 Å². The molecule has 3 nitrogen and oxygen atoms in total. The second-order valence-electron chi connectivity index (χ2n) is 5.01. The molecule has 0 saturated heterocycles. The zero-order valence-electron chi connectivity index (χ0n) is 10.5. The monoisotopic (exact) mass is 324 g/mol. The SMILES string of the molecule is CC1(C(=O)O)CCC(C(F)(F)C(F)(F)C(F)(F)F)/C1=C\O. The number of aliphatic hydroxyl groups is 1. The minimum absolute atomic E-state index is 0.119. The van der Waals surface area contributed by atoms with Gasteiger partial charge in [0.15, 0.2) is 0 Å². The topological polar surface area (TPSA) is 57.5 Å². The van der Waals surface area contributed by atoms with Crippen molar-refractivity contribution in [3.8, 4) is 0 Å². The Kier molecular flexibility index (Phi) is 3.99. The van der Waals surface area contributed by atoms with Gasteiger partial charge in [-0.1, -0.05) is 0 Å². The number of carboxylic acid groups (broad SMARTS) is 1. The van der Waals surface area contributed by atoms with E-state index in [2.05, 4.69) is 0 Å². The molecule has 1 fully saturated rings. The summed E-state index contributed by atoms with van der Waals surface area (Å²) >= 11 is 0. The summed E-state index contributed by atoms with van der Waals surface area (Å²) in [6.07, 6.45) is -8.14. The van der Waals surface area contributed by atoms with Gasteiger partial charge in [-0.15, -0.1) is 0 Å². The van der Waals surface area contributed by atoms with Crippen LogP contribution in [0.3, 0.4) is 0 Å². The van der Waals surface area contributed by atoms with Crippen LogP contribution in [0.25, 0.3) is 0 Å². The molecule has 0 radical (unpaired) electrons. The van der Waals surface area contributed by atoms with Crippen LogP contribution in [0.4, 0.5) is 30.7 Å². The average molecular weight is 324 g/mol. The lowest BCUT2D eigenvalue weighted by Gasteiger charge is -2.33. The second kappa shape index (κ2) is 4.77. The molecule has 0 amide bonds. The minimum Gasteiger partial charge on any atom is -0.516 e. The Labute approximate surface area is 114 Å². The number of carboxylic acids is 1. The van der Waals surface area contributed by atoms with Gasteiger partial charge in [0.2, 0.25) is 0 Å². The summed E-state index contributed by atoms with van der Waals surface area (Å²) in [6, 6.07) is 0. The molecule has 2 atom stereocenters. The highest BCUT2D eigenvalue weighted by atomic mass is 19.4. The van der Waals surface area contributed by atoms with Gasteiger partial charge in [-0.3, -0.25) is 4.79 Å². The van der Waals surface area contributed by atoms with E-state index in [1.807, 2.05) is 0 Å². The molecular formula is C11H11F7O3. The quantitative estimate of drug-likeness (QED) is 0.614. The van der Waals surface area contributed by atoms with Crippen molar-refractivity contribution < 1.29 is 45.7 Å². The predicted molar refractivity (Wildman–Crippen MR) is 55.1 cm³/mol. The molecule has 1 aliphatic rings. The third-order valence-electron chi connectivity index (χ3n) is 3.77. The first kappa shape index (κ1) is 17.6. The van der Waals surface area contributed by atoms with Crippen LogP contribution >= 0.6 is 0 Å². The number of alkyl halides is 7. The molecule has 21 heavy (non-hydrogen) atoms. The van der Waals surface area contributed by atoms with Gasteiger partial charge in [0.1, 0.15) is 0 Å². The van der Waals surface area contributed by atoms with E-state index in [0.717, 1.165) is 6.92 Å². The molecule has 0 bridgehead atoms. The molecule has 2 unspecified atom stereocenters. The van der Waals surface area contributed by atoms with Gasteiger partial charge < -0.3 is 10.2 Å². The van der Waals surface area contributed by atoms with Crippen LogP contribution in [0.15, 0.2) is 11.8 Å². The summed E-state index contributed by atoms with van der Waals surface area (Å²) in [7, 11) is 0. The highest BCUT2D eigenvalue weighted by Crippen LogP contribution is 2.58. The van der Waals surface area contributed by atoms with Crippen LogP contribution in [-0.4, -0.2) is 34.2 Å². The lowest BCUT2D eigenvalue weighted by atomic mass is 9.80. The van der Waals surface area contributed by atoms with Crippen molar-refractivity contribution >= 4 is 5.97 Å².